The van der Waals surface area contributed by atoms with Crippen LogP contribution in [0.1, 0.15) is 69.7 Å². The minimum atomic E-state index is -0.484. The van der Waals surface area contributed by atoms with Crippen LogP contribution in [0.15, 0.2) is 24.3 Å². The second-order valence-corrected chi connectivity index (χ2v) is 10.2. The van der Waals surface area contributed by atoms with Crippen molar-refractivity contribution >= 4 is 12.0 Å². The largest absolute Gasteiger partial charge is 0.493 e. The lowest BCUT2D eigenvalue weighted by Gasteiger charge is -2.36. The van der Waals surface area contributed by atoms with Gasteiger partial charge in [-0.1, -0.05) is 12.1 Å². The van der Waals surface area contributed by atoms with Gasteiger partial charge in [-0.3, -0.25) is 4.79 Å². The van der Waals surface area contributed by atoms with Crippen molar-refractivity contribution in [1.29, 1.82) is 0 Å². The summed E-state index contributed by atoms with van der Waals surface area (Å²) in [5, 5.41) is 3.49. The zero-order valence-corrected chi connectivity index (χ0v) is 20.6. The predicted octanol–water partition coefficient (Wildman–Crippen LogP) is 4.32. The van der Waals surface area contributed by atoms with Crippen molar-refractivity contribution in [3.63, 3.8) is 0 Å². The Bertz CT molecular complexity index is 769. The number of nitrogens with one attached hydrogen (secondary N) is 1. The van der Waals surface area contributed by atoms with E-state index in [-0.39, 0.29) is 12.0 Å². The normalized spacial score (nSPS) is 19.9. The number of piperidine rings is 1. The van der Waals surface area contributed by atoms with Gasteiger partial charge in [0.15, 0.2) is 0 Å². The van der Waals surface area contributed by atoms with Crippen LogP contribution >= 0.6 is 0 Å². The average Bonchev–Trinajstić information content (AvgIpc) is 2.78. The molecule has 2 aliphatic rings. The van der Waals surface area contributed by atoms with Crippen molar-refractivity contribution in [3.05, 3.63) is 29.8 Å². The van der Waals surface area contributed by atoms with E-state index < -0.39 is 5.60 Å². The molecule has 2 heterocycles. The van der Waals surface area contributed by atoms with Gasteiger partial charge in [0.25, 0.3) is 5.91 Å². The van der Waals surface area contributed by atoms with Crippen LogP contribution in [0.3, 0.4) is 0 Å². The van der Waals surface area contributed by atoms with Crippen molar-refractivity contribution in [2.24, 2.45) is 5.92 Å². The Labute approximate surface area is 198 Å². The lowest BCUT2D eigenvalue weighted by atomic mass is 9.96. The molecular weight excluding hydrogens is 418 g/mol. The molecule has 0 saturated carbocycles. The lowest BCUT2D eigenvalue weighted by Crippen LogP contribution is -2.44. The van der Waals surface area contributed by atoms with E-state index in [4.69, 9.17) is 9.47 Å². The summed E-state index contributed by atoms with van der Waals surface area (Å²) in [5.41, 5.74) is 0.168. The Morgan fingerprint density at radius 2 is 1.76 bits per heavy atom. The number of ether oxygens (including phenoxy) is 2. The molecule has 0 aromatic heterocycles. The zero-order valence-electron chi connectivity index (χ0n) is 20.6. The highest BCUT2D eigenvalue weighted by Crippen LogP contribution is 2.25. The molecule has 1 aromatic rings. The smallest absolute Gasteiger partial charge is 0.410 e. The van der Waals surface area contributed by atoms with Crippen molar-refractivity contribution in [2.45, 2.75) is 64.9 Å². The van der Waals surface area contributed by atoms with Crippen molar-refractivity contribution in [2.75, 3.05) is 45.9 Å². The van der Waals surface area contributed by atoms with Crippen LogP contribution in [0.5, 0.6) is 5.75 Å². The van der Waals surface area contributed by atoms with Gasteiger partial charge in [0.1, 0.15) is 11.4 Å². The molecule has 7 heteroatoms. The van der Waals surface area contributed by atoms with E-state index in [2.05, 4.69) is 5.32 Å². The molecule has 7 nitrogen and oxygen atoms in total. The molecule has 0 atom stereocenters. The maximum absolute atomic E-state index is 13.6. The van der Waals surface area contributed by atoms with Gasteiger partial charge < -0.3 is 24.6 Å². The Morgan fingerprint density at radius 1 is 1.06 bits per heavy atom. The predicted molar refractivity (Wildman–Crippen MR) is 130 cm³/mol. The minimum Gasteiger partial charge on any atom is -0.493 e. The molecule has 2 amide bonds. The lowest BCUT2D eigenvalue weighted by molar-refractivity contribution is 0.0166. The topological polar surface area (TPSA) is 71.1 Å². The van der Waals surface area contributed by atoms with Crippen molar-refractivity contribution in [3.8, 4) is 5.75 Å². The summed E-state index contributed by atoms with van der Waals surface area (Å²) in [6.07, 6.45) is 5.58. The SMILES string of the molecule is CC(C)(C)OC(=O)N1CCC(CN2CCCCNCCCCOc3ccccc3C2=O)CC1. The molecule has 2 aliphatic heterocycles. The first-order chi connectivity index (χ1) is 15.8. The van der Waals surface area contributed by atoms with Gasteiger partial charge in [0.05, 0.1) is 12.2 Å². The van der Waals surface area contributed by atoms with Gasteiger partial charge in [0, 0.05) is 26.2 Å². The van der Waals surface area contributed by atoms with E-state index in [0.29, 0.717) is 43.5 Å². The first-order valence-corrected chi connectivity index (χ1v) is 12.5. The first-order valence-electron chi connectivity index (χ1n) is 12.5. The van der Waals surface area contributed by atoms with E-state index in [1.165, 1.54) is 0 Å². The van der Waals surface area contributed by atoms with Crippen LogP contribution in [0.4, 0.5) is 4.79 Å². The maximum atomic E-state index is 13.6. The van der Waals surface area contributed by atoms with Gasteiger partial charge in [-0.2, -0.15) is 0 Å². The molecule has 3 rings (SSSR count). The fraction of sp³-hybridized carbons (Fsp3) is 0.692. The van der Waals surface area contributed by atoms with Crippen LogP contribution < -0.4 is 10.1 Å². The number of rotatable bonds is 2. The van der Waals surface area contributed by atoms with Gasteiger partial charge in [-0.25, -0.2) is 4.79 Å². The van der Waals surface area contributed by atoms with Crippen LogP contribution in [-0.2, 0) is 4.74 Å². The monoisotopic (exact) mass is 459 g/mol. The Morgan fingerprint density at radius 3 is 2.48 bits per heavy atom. The number of para-hydroxylation sites is 1. The van der Waals surface area contributed by atoms with Crippen LogP contribution in [0, 0.1) is 5.92 Å². The molecule has 0 unspecified atom stereocenters. The third-order valence-corrected chi connectivity index (χ3v) is 6.19. The number of carbonyl (C=O) groups is 2. The van der Waals surface area contributed by atoms with E-state index in [9.17, 15) is 9.59 Å². The molecule has 0 spiro atoms. The summed E-state index contributed by atoms with van der Waals surface area (Å²) in [6.45, 7) is 11.1. The minimum absolute atomic E-state index is 0.0465. The second-order valence-electron chi connectivity index (χ2n) is 10.2. The third kappa shape index (κ3) is 8.22. The molecule has 184 valence electrons. The second kappa shape index (κ2) is 12.3. The molecule has 0 bridgehead atoms. The van der Waals surface area contributed by atoms with E-state index >= 15 is 0 Å². The molecule has 1 fully saturated rings. The van der Waals surface area contributed by atoms with Gasteiger partial charge in [0.2, 0.25) is 0 Å². The van der Waals surface area contributed by atoms with Gasteiger partial charge >= 0.3 is 6.09 Å². The fourth-order valence-corrected chi connectivity index (χ4v) is 4.36. The van der Waals surface area contributed by atoms with Crippen molar-refractivity contribution < 1.29 is 19.1 Å². The third-order valence-electron chi connectivity index (χ3n) is 6.19. The first kappa shape index (κ1) is 25.3. The van der Waals surface area contributed by atoms with Crippen LogP contribution in [0.2, 0.25) is 0 Å². The number of fused-ring (bicyclic) bond motifs is 1. The quantitative estimate of drug-likeness (QED) is 0.713. The molecule has 1 N–H and O–H groups in total. The fourth-order valence-electron chi connectivity index (χ4n) is 4.36. The number of benzene rings is 1. The highest BCUT2D eigenvalue weighted by Gasteiger charge is 2.29. The number of amides is 2. The number of nitrogens with zero attached hydrogens (tertiary/aromatic N) is 2. The number of hydrogen-bond acceptors (Lipinski definition) is 5. The number of carbonyl (C=O) groups excluding carboxylic acids is 2. The Balaban J connectivity index is 1.64. The molecule has 0 radical (unpaired) electrons. The van der Waals surface area contributed by atoms with E-state index in [0.717, 1.165) is 58.2 Å². The molecule has 1 saturated heterocycles. The molecular formula is C26H41N3O4. The van der Waals surface area contributed by atoms with E-state index in [1.54, 1.807) is 4.90 Å². The van der Waals surface area contributed by atoms with Gasteiger partial charge in [-0.15, -0.1) is 0 Å². The summed E-state index contributed by atoms with van der Waals surface area (Å²) < 4.78 is 11.5. The van der Waals surface area contributed by atoms with E-state index in [1.807, 2.05) is 49.9 Å². The van der Waals surface area contributed by atoms with Gasteiger partial charge in [-0.05, 0) is 90.4 Å². The number of hydrogen-bond donors (Lipinski definition) is 1. The highest BCUT2D eigenvalue weighted by molar-refractivity contribution is 5.97. The highest BCUT2D eigenvalue weighted by atomic mass is 16.6. The summed E-state index contributed by atoms with van der Waals surface area (Å²) in [7, 11) is 0. The van der Waals surface area contributed by atoms with Crippen LogP contribution in [-0.4, -0.2) is 73.3 Å². The molecule has 1 aromatic carbocycles. The Kier molecular flexibility index (Phi) is 9.41. The molecule has 0 aliphatic carbocycles. The zero-order chi connectivity index (χ0) is 23.7. The maximum Gasteiger partial charge on any atom is 0.410 e. The standard InChI is InChI=1S/C26H41N3O4/c1-26(2,3)33-25(31)28-17-12-21(13-18-28)20-29-16-8-6-14-27-15-7-9-19-32-23-11-5-4-10-22(23)24(29)30/h4-5,10-11,21,27H,6-9,12-20H2,1-3H3. The average molecular weight is 460 g/mol. The summed E-state index contributed by atoms with van der Waals surface area (Å²) >= 11 is 0. The summed E-state index contributed by atoms with van der Waals surface area (Å²) in [5.74, 6) is 1.10. The summed E-state index contributed by atoms with van der Waals surface area (Å²) in [6, 6.07) is 7.61. The molecule has 33 heavy (non-hydrogen) atoms. The van der Waals surface area contributed by atoms with Crippen LogP contribution in [0.25, 0.3) is 0 Å². The Hall–Kier alpha value is -2.28. The number of likely N-dealkylation sites (tertiary alicyclic amines) is 1. The van der Waals surface area contributed by atoms with Crippen molar-refractivity contribution in [1.82, 2.24) is 15.1 Å². The summed E-state index contributed by atoms with van der Waals surface area (Å²) in [4.78, 5) is 29.7.